The summed E-state index contributed by atoms with van der Waals surface area (Å²) < 4.78 is 21.7. The van der Waals surface area contributed by atoms with Gasteiger partial charge in [-0.15, -0.1) is 0 Å². The Hall–Kier alpha value is -2.85. The number of aromatic nitrogens is 1. The van der Waals surface area contributed by atoms with Gasteiger partial charge in [-0.25, -0.2) is 9.18 Å². The summed E-state index contributed by atoms with van der Waals surface area (Å²) in [5.41, 5.74) is 8.16. The van der Waals surface area contributed by atoms with Gasteiger partial charge in [0, 0.05) is 48.1 Å². The van der Waals surface area contributed by atoms with Gasteiger partial charge in [-0.3, -0.25) is 4.79 Å². The molecule has 0 amide bonds. The van der Waals surface area contributed by atoms with Crippen LogP contribution in [0.5, 0.6) is 0 Å². The second-order valence-corrected chi connectivity index (χ2v) is 8.32. The second kappa shape index (κ2) is 7.77. The predicted molar refractivity (Wildman–Crippen MR) is 114 cm³/mol. The zero-order valence-corrected chi connectivity index (χ0v) is 17.5. The number of nitrogens with two attached hydrogens (primary N) is 1. The van der Waals surface area contributed by atoms with Gasteiger partial charge in [0.05, 0.1) is 18.3 Å². The number of ether oxygens (including phenoxy) is 1. The van der Waals surface area contributed by atoms with Gasteiger partial charge in [0.1, 0.15) is 5.82 Å². The first kappa shape index (κ1) is 20.4. The van der Waals surface area contributed by atoms with Crippen LogP contribution < -0.4 is 16.2 Å². The largest absolute Gasteiger partial charge is 0.459 e. The van der Waals surface area contributed by atoms with Crippen LogP contribution in [0.25, 0.3) is 10.9 Å². The second-order valence-electron chi connectivity index (χ2n) is 8.32. The summed E-state index contributed by atoms with van der Waals surface area (Å²) in [7, 11) is 1.24. The molecule has 4 rings (SSSR count). The normalized spacial score (nSPS) is 19.5. The topological polar surface area (TPSA) is 77.6 Å². The molecule has 1 aliphatic carbocycles. The average molecular weight is 411 g/mol. The van der Waals surface area contributed by atoms with Crippen LogP contribution in [0.15, 0.2) is 16.9 Å². The zero-order valence-electron chi connectivity index (χ0n) is 17.5. The van der Waals surface area contributed by atoms with Gasteiger partial charge in [0.15, 0.2) is 0 Å². The van der Waals surface area contributed by atoms with Crippen molar-refractivity contribution in [1.82, 2.24) is 4.57 Å². The van der Waals surface area contributed by atoms with E-state index in [1.807, 2.05) is 18.7 Å². The summed E-state index contributed by atoms with van der Waals surface area (Å²) in [5.74, 6) is 4.30. The number of carbonyl (C=O) groups is 1. The molecule has 2 aromatic rings. The molecule has 2 atom stereocenters. The number of methoxy groups -OCH3 is 1. The van der Waals surface area contributed by atoms with Crippen molar-refractivity contribution in [1.29, 1.82) is 0 Å². The number of anilines is 1. The Kier molecular flexibility index (Phi) is 5.29. The number of nitrogens with zero attached hydrogens (tertiary/aromatic N) is 2. The maximum Gasteiger partial charge on any atom is 0.384 e. The van der Waals surface area contributed by atoms with Gasteiger partial charge in [0.25, 0.3) is 5.56 Å². The molecule has 1 aromatic carbocycles. The number of fused-ring (bicyclic) bond motifs is 1. The Morgan fingerprint density at radius 3 is 2.67 bits per heavy atom. The highest BCUT2D eigenvalue weighted by Crippen LogP contribution is 2.40. The predicted octanol–water partition coefficient (Wildman–Crippen LogP) is 2.48. The molecule has 2 N–H and O–H groups in total. The van der Waals surface area contributed by atoms with E-state index in [1.54, 1.807) is 4.57 Å². The quantitative estimate of drug-likeness (QED) is 0.620. The monoisotopic (exact) mass is 411 g/mol. The SMILES string of the molecule is COC(=O)C#Cc1cc(=O)n(C2CC2)c2c(C)c(N3CC[C@@H]([C@H](C)N)C3)c(F)cc12. The maximum absolute atomic E-state index is 15.4. The van der Waals surface area contributed by atoms with Crippen LogP contribution in [0.1, 0.15) is 43.4 Å². The van der Waals surface area contributed by atoms with Crippen molar-refractivity contribution < 1.29 is 13.9 Å². The van der Waals surface area contributed by atoms with E-state index in [9.17, 15) is 9.59 Å². The minimum atomic E-state index is -0.706. The van der Waals surface area contributed by atoms with Crippen molar-refractivity contribution in [2.45, 2.75) is 45.2 Å². The fourth-order valence-corrected chi connectivity index (χ4v) is 4.43. The lowest BCUT2D eigenvalue weighted by molar-refractivity contribution is -0.133. The Bertz CT molecular complexity index is 1140. The third kappa shape index (κ3) is 3.56. The highest BCUT2D eigenvalue weighted by Gasteiger charge is 2.32. The van der Waals surface area contributed by atoms with Gasteiger partial charge in [-0.05, 0) is 50.7 Å². The average Bonchev–Trinajstić information content (AvgIpc) is 3.42. The van der Waals surface area contributed by atoms with Gasteiger partial charge >= 0.3 is 5.97 Å². The van der Waals surface area contributed by atoms with Crippen molar-refractivity contribution >= 4 is 22.6 Å². The van der Waals surface area contributed by atoms with E-state index < -0.39 is 5.97 Å². The molecular formula is C23H26FN3O3. The molecule has 0 spiro atoms. The number of aryl methyl sites for hydroxylation is 1. The number of hydrogen-bond acceptors (Lipinski definition) is 5. The lowest BCUT2D eigenvalue weighted by Crippen LogP contribution is -2.30. The van der Waals surface area contributed by atoms with E-state index in [-0.39, 0.29) is 23.5 Å². The molecule has 0 unspecified atom stereocenters. The van der Waals surface area contributed by atoms with Crippen molar-refractivity contribution in [2.75, 3.05) is 25.1 Å². The van der Waals surface area contributed by atoms with E-state index in [0.29, 0.717) is 34.6 Å². The molecule has 0 bridgehead atoms. The first-order valence-electron chi connectivity index (χ1n) is 10.3. The molecular weight excluding hydrogens is 385 g/mol. The molecule has 30 heavy (non-hydrogen) atoms. The van der Waals surface area contributed by atoms with E-state index >= 15 is 4.39 Å². The Morgan fingerprint density at radius 2 is 2.07 bits per heavy atom. The molecule has 6 nitrogen and oxygen atoms in total. The number of rotatable bonds is 3. The van der Waals surface area contributed by atoms with Crippen molar-refractivity contribution in [3.63, 3.8) is 0 Å². The van der Waals surface area contributed by atoms with Crippen molar-refractivity contribution in [3.05, 3.63) is 39.4 Å². The Labute approximate surface area is 174 Å². The van der Waals surface area contributed by atoms with E-state index in [0.717, 1.165) is 31.4 Å². The molecule has 1 saturated heterocycles. The highest BCUT2D eigenvalue weighted by atomic mass is 19.1. The molecule has 0 radical (unpaired) electrons. The molecule has 7 heteroatoms. The number of carbonyl (C=O) groups excluding carboxylic acids is 1. The molecule has 1 saturated carbocycles. The maximum atomic E-state index is 15.4. The molecule has 1 aliphatic heterocycles. The third-order valence-electron chi connectivity index (χ3n) is 6.18. The minimum Gasteiger partial charge on any atom is -0.459 e. The number of hydrogen-bond donors (Lipinski definition) is 1. The standard InChI is InChI=1S/C23H26FN3O3/c1-13-22-18(11-19(24)23(13)26-9-8-16(12-26)14(2)25)15(4-7-21(29)30-3)10-20(28)27(22)17-5-6-17/h10-11,14,16-17H,5-6,8-9,12,25H2,1-3H3/t14-,16+/m0/s1. The Balaban J connectivity index is 1.93. The van der Waals surface area contributed by atoms with Crippen molar-refractivity contribution in [2.24, 2.45) is 11.7 Å². The third-order valence-corrected chi connectivity index (χ3v) is 6.18. The van der Waals surface area contributed by atoms with Crippen LogP contribution in [-0.4, -0.2) is 36.8 Å². The van der Waals surface area contributed by atoms with Gasteiger partial charge in [-0.2, -0.15) is 0 Å². The first-order chi connectivity index (χ1) is 14.3. The van der Waals surface area contributed by atoms with Crippen LogP contribution in [-0.2, 0) is 9.53 Å². The zero-order chi connectivity index (χ0) is 21.6. The molecule has 2 aliphatic rings. The molecule has 158 valence electrons. The molecule has 1 aromatic heterocycles. The van der Waals surface area contributed by atoms with Crippen LogP contribution in [0.2, 0.25) is 0 Å². The summed E-state index contributed by atoms with van der Waals surface area (Å²) in [6.07, 6.45) is 2.75. The lowest BCUT2D eigenvalue weighted by atomic mass is 10.0. The Morgan fingerprint density at radius 1 is 1.33 bits per heavy atom. The number of benzene rings is 1. The van der Waals surface area contributed by atoms with Crippen LogP contribution in [0.4, 0.5) is 10.1 Å². The summed E-state index contributed by atoms with van der Waals surface area (Å²) in [6.45, 7) is 5.26. The summed E-state index contributed by atoms with van der Waals surface area (Å²) in [5, 5.41) is 0.541. The van der Waals surface area contributed by atoms with Crippen LogP contribution in [0.3, 0.4) is 0 Å². The lowest BCUT2D eigenvalue weighted by Gasteiger charge is -2.25. The summed E-state index contributed by atoms with van der Waals surface area (Å²) in [6, 6.07) is 2.99. The van der Waals surface area contributed by atoms with Crippen LogP contribution >= 0.6 is 0 Å². The summed E-state index contributed by atoms with van der Waals surface area (Å²) in [4.78, 5) is 26.4. The van der Waals surface area contributed by atoms with E-state index in [1.165, 1.54) is 19.2 Å². The van der Waals surface area contributed by atoms with Gasteiger partial charge < -0.3 is 19.9 Å². The number of pyridine rings is 1. The van der Waals surface area contributed by atoms with Crippen LogP contribution in [0, 0.1) is 30.5 Å². The van der Waals surface area contributed by atoms with E-state index in [2.05, 4.69) is 16.6 Å². The number of halogens is 1. The van der Waals surface area contributed by atoms with E-state index in [4.69, 9.17) is 5.73 Å². The van der Waals surface area contributed by atoms with Gasteiger partial charge in [0.2, 0.25) is 0 Å². The molecule has 2 fully saturated rings. The smallest absolute Gasteiger partial charge is 0.384 e. The highest BCUT2D eigenvalue weighted by molar-refractivity contribution is 5.94. The van der Waals surface area contributed by atoms with Gasteiger partial charge in [-0.1, -0.05) is 5.92 Å². The number of esters is 1. The van der Waals surface area contributed by atoms with Crippen molar-refractivity contribution in [3.8, 4) is 11.8 Å². The first-order valence-corrected chi connectivity index (χ1v) is 10.3. The fourth-order valence-electron chi connectivity index (χ4n) is 4.43. The fraction of sp³-hybridized carbons (Fsp3) is 0.478. The minimum absolute atomic E-state index is 0.0451. The molecule has 2 heterocycles. The summed E-state index contributed by atoms with van der Waals surface area (Å²) >= 11 is 0.